The molecule has 1 aliphatic rings. The molecule has 35 heavy (non-hydrogen) atoms. The smallest absolute Gasteiger partial charge is 0.224 e. The lowest BCUT2D eigenvalue weighted by molar-refractivity contribution is -0.121. The predicted octanol–water partition coefficient (Wildman–Crippen LogP) is 2.94. The largest absolute Gasteiger partial charge is 0.497 e. The van der Waals surface area contributed by atoms with Crippen LogP contribution in [0.1, 0.15) is 24.0 Å². The summed E-state index contributed by atoms with van der Waals surface area (Å²) < 4.78 is 8.72. The Morgan fingerprint density at radius 1 is 1.14 bits per heavy atom. The van der Waals surface area contributed by atoms with Crippen molar-refractivity contribution in [1.29, 1.82) is 5.26 Å². The van der Waals surface area contributed by atoms with Gasteiger partial charge in [0.15, 0.2) is 0 Å². The zero-order valence-electron chi connectivity index (χ0n) is 19.8. The van der Waals surface area contributed by atoms with Gasteiger partial charge in [-0.3, -0.25) is 9.48 Å². The van der Waals surface area contributed by atoms with Crippen molar-refractivity contribution in [3.63, 3.8) is 0 Å². The van der Waals surface area contributed by atoms with Crippen LogP contribution in [0.2, 0.25) is 0 Å². The number of nitrogens with zero attached hydrogens (tertiary/aromatic N) is 6. The van der Waals surface area contributed by atoms with Crippen LogP contribution in [-0.4, -0.2) is 51.5 Å². The Kier molecular flexibility index (Phi) is 6.10. The monoisotopic (exact) mass is 469 g/mol. The van der Waals surface area contributed by atoms with E-state index in [1.807, 2.05) is 49.9 Å². The molecule has 178 valence electrons. The van der Waals surface area contributed by atoms with Gasteiger partial charge in [-0.05, 0) is 36.6 Å². The SMILES string of the molecule is COc1ccc(CC(=O)NC2CCN(c3cc(-c4cnn(C)c4)cn4ncc(C#N)c34)CC2)cc1. The van der Waals surface area contributed by atoms with E-state index >= 15 is 0 Å². The highest BCUT2D eigenvalue weighted by Gasteiger charge is 2.24. The van der Waals surface area contributed by atoms with E-state index in [0.29, 0.717) is 12.0 Å². The molecule has 1 aliphatic heterocycles. The number of nitriles is 1. The normalized spacial score (nSPS) is 14.1. The summed E-state index contributed by atoms with van der Waals surface area (Å²) >= 11 is 0. The third-order valence-corrected chi connectivity index (χ3v) is 6.47. The van der Waals surface area contributed by atoms with Gasteiger partial charge in [-0.2, -0.15) is 15.5 Å². The fraction of sp³-hybridized carbons (Fsp3) is 0.308. The summed E-state index contributed by atoms with van der Waals surface area (Å²) in [6, 6.07) is 12.1. The second-order valence-electron chi connectivity index (χ2n) is 8.83. The maximum atomic E-state index is 12.6. The van der Waals surface area contributed by atoms with Crippen LogP contribution < -0.4 is 15.0 Å². The van der Waals surface area contributed by atoms with Gasteiger partial charge in [0.25, 0.3) is 0 Å². The third kappa shape index (κ3) is 4.68. The quantitative estimate of drug-likeness (QED) is 0.466. The van der Waals surface area contributed by atoms with Gasteiger partial charge in [0, 0.05) is 49.7 Å². The molecular weight excluding hydrogens is 442 g/mol. The summed E-state index contributed by atoms with van der Waals surface area (Å²) in [4.78, 5) is 14.9. The van der Waals surface area contributed by atoms with Gasteiger partial charge in [0.05, 0.1) is 37.2 Å². The molecule has 3 aromatic heterocycles. The first-order valence-corrected chi connectivity index (χ1v) is 11.6. The number of carbonyl (C=O) groups excluding carboxylic acids is 1. The van der Waals surface area contributed by atoms with E-state index in [4.69, 9.17) is 4.74 Å². The number of methoxy groups -OCH3 is 1. The lowest BCUT2D eigenvalue weighted by Crippen LogP contribution is -2.45. The number of piperidine rings is 1. The molecule has 0 saturated carbocycles. The highest BCUT2D eigenvalue weighted by molar-refractivity contribution is 5.83. The number of fused-ring (bicyclic) bond motifs is 1. The average Bonchev–Trinajstić information content (AvgIpc) is 3.50. The zero-order chi connectivity index (χ0) is 24.4. The van der Waals surface area contributed by atoms with Gasteiger partial charge in [0.1, 0.15) is 17.3 Å². The van der Waals surface area contributed by atoms with Crippen molar-refractivity contribution in [2.75, 3.05) is 25.1 Å². The van der Waals surface area contributed by atoms with E-state index in [-0.39, 0.29) is 11.9 Å². The number of nitrogens with one attached hydrogen (secondary N) is 1. The molecule has 0 radical (unpaired) electrons. The van der Waals surface area contributed by atoms with Crippen LogP contribution in [-0.2, 0) is 18.3 Å². The van der Waals surface area contributed by atoms with E-state index < -0.39 is 0 Å². The molecule has 1 amide bonds. The summed E-state index contributed by atoms with van der Waals surface area (Å²) in [6.07, 6.45) is 9.33. The van der Waals surface area contributed by atoms with Crippen molar-refractivity contribution in [2.24, 2.45) is 7.05 Å². The summed E-state index contributed by atoms with van der Waals surface area (Å²) in [5.74, 6) is 0.804. The summed E-state index contributed by atoms with van der Waals surface area (Å²) in [7, 11) is 3.51. The Labute approximate surface area is 203 Å². The van der Waals surface area contributed by atoms with E-state index in [9.17, 15) is 10.1 Å². The lowest BCUT2D eigenvalue weighted by Gasteiger charge is -2.34. The van der Waals surface area contributed by atoms with Crippen molar-refractivity contribution in [1.82, 2.24) is 24.7 Å². The number of hydrogen-bond donors (Lipinski definition) is 1. The highest BCUT2D eigenvalue weighted by atomic mass is 16.5. The van der Waals surface area contributed by atoms with E-state index in [0.717, 1.165) is 59.6 Å². The first kappa shape index (κ1) is 22.5. The number of pyridine rings is 1. The molecule has 5 rings (SSSR count). The molecule has 4 heterocycles. The maximum Gasteiger partial charge on any atom is 0.224 e. The van der Waals surface area contributed by atoms with Crippen LogP contribution in [0.15, 0.2) is 55.1 Å². The summed E-state index contributed by atoms with van der Waals surface area (Å²) in [5.41, 5.74) is 5.27. The summed E-state index contributed by atoms with van der Waals surface area (Å²) in [5, 5.41) is 21.5. The zero-order valence-corrected chi connectivity index (χ0v) is 19.8. The Bertz CT molecular complexity index is 1390. The van der Waals surface area contributed by atoms with Crippen molar-refractivity contribution >= 4 is 17.1 Å². The van der Waals surface area contributed by atoms with Crippen LogP contribution in [0.3, 0.4) is 0 Å². The number of carbonyl (C=O) groups is 1. The molecule has 9 heteroatoms. The minimum absolute atomic E-state index is 0.0251. The predicted molar refractivity (Wildman–Crippen MR) is 132 cm³/mol. The van der Waals surface area contributed by atoms with Gasteiger partial charge in [0.2, 0.25) is 5.91 Å². The molecule has 1 N–H and O–H groups in total. The Balaban J connectivity index is 1.29. The van der Waals surface area contributed by atoms with Crippen molar-refractivity contribution < 1.29 is 9.53 Å². The van der Waals surface area contributed by atoms with Crippen LogP contribution in [0.4, 0.5) is 5.69 Å². The number of aromatic nitrogens is 4. The van der Waals surface area contributed by atoms with Gasteiger partial charge in [-0.1, -0.05) is 12.1 Å². The highest BCUT2D eigenvalue weighted by Crippen LogP contribution is 2.32. The number of aryl methyl sites for hydroxylation is 1. The Hall–Kier alpha value is -4.32. The van der Waals surface area contributed by atoms with Crippen molar-refractivity contribution in [3.05, 3.63) is 66.2 Å². The Morgan fingerprint density at radius 2 is 1.91 bits per heavy atom. The second kappa shape index (κ2) is 9.50. The molecule has 0 spiro atoms. The molecule has 0 aliphatic carbocycles. The van der Waals surface area contributed by atoms with Crippen LogP contribution in [0, 0.1) is 11.3 Å². The van der Waals surface area contributed by atoms with Crippen molar-refractivity contribution in [3.8, 4) is 22.9 Å². The molecule has 0 unspecified atom stereocenters. The number of anilines is 1. The summed E-state index contributed by atoms with van der Waals surface area (Å²) in [6.45, 7) is 1.55. The van der Waals surface area contributed by atoms with Crippen LogP contribution >= 0.6 is 0 Å². The second-order valence-corrected chi connectivity index (χ2v) is 8.83. The van der Waals surface area contributed by atoms with E-state index in [1.165, 1.54) is 0 Å². The fourth-order valence-electron chi connectivity index (χ4n) is 4.62. The average molecular weight is 470 g/mol. The number of rotatable bonds is 6. The lowest BCUT2D eigenvalue weighted by atomic mass is 10.0. The van der Waals surface area contributed by atoms with Gasteiger partial charge >= 0.3 is 0 Å². The molecule has 0 atom stereocenters. The topological polar surface area (TPSA) is 100 Å². The van der Waals surface area contributed by atoms with Crippen LogP contribution in [0.5, 0.6) is 5.75 Å². The van der Waals surface area contributed by atoms with Gasteiger partial charge < -0.3 is 15.0 Å². The minimum Gasteiger partial charge on any atom is -0.497 e. The minimum atomic E-state index is 0.0251. The first-order chi connectivity index (χ1) is 17.0. The maximum absolute atomic E-state index is 12.6. The number of hydrogen-bond acceptors (Lipinski definition) is 6. The van der Waals surface area contributed by atoms with E-state index in [2.05, 4.69) is 32.5 Å². The first-order valence-electron chi connectivity index (χ1n) is 11.6. The van der Waals surface area contributed by atoms with Gasteiger partial charge in [-0.15, -0.1) is 0 Å². The molecule has 4 aromatic rings. The molecular formula is C26H27N7O2. The molecule has 1 saturated heterocycles. The molecule has 1 fully saturated rings. The van der Waals surface area contributed by atoms with Gasteiger partial charge in [-0.25, -0.2) is 4.52 Å². The molecule has 1 aromatic carbocycles. The van der Waals surface area contributed by atoms with Crippen molar-refractivity contribution in [2.45, 2.75) is 25.3 Å². The van der Waals surface area contributed by atoms with E-state index in [1.54, 1.807) is 22.5 Å². The molecule has 9 nitrogen and oxygen atoms in total. The standard InChI is InChI=1S/C26H27N7O2/c1-31-16-21(15-28-31)19-12-24(26-20(13-27)14-29-33(26)17-19)32-9-7-22(8-10-32)30-25(34)11-18-3-5-23(35-2)6-4-18/h3-6,12,14-17,22H,7-11H2,1-2H3,(H,30,34). The number of amides is 1. The fourth-order valence-corrected chi connectivity index (χ4v) is 4.62. The number of benzene rings is 1. The number of ether oxygens (including phenoxy) is 1. The molecule has 0 bridgehead atoms. The Morgan fingerprint density at radius 3 is 2.57 bits per heavy atom. The third-order valence-electron chi connectivity index (χ3n) is 6.47. The van der Waals surface area contributed by atoms with Crippen LogP contribution in [0.25, 0.3) is 16.6 Å².